The van der Waals surface area contributed by atoms with E-state index in [0.29, 0.717) is 16.6 Å². The van der Waals surface area contributed by atoms with Crippen molar-refractivity contribution in [2.24, 2.45) is 12.1 Å². The number of H-pyrrole nitrogens is 1. The molecule has 2 amide bonds. The number of nitrogens with zero attached hydrogens (tertiary/aromatic N) is 5. The van der Waals surface area contributed by atoms with Crippen LogP contribution in [0.1, 0.15) is 11.4 Å². The summed E-state index contributed by atoms with van der Waals surface area (Å²) in [7, 11) is 1.57. The van der Waals surface area contributed by atoms with Gasteiger partial charge in [-0.3, -0.25) is 4.79 Å². The standard InChI is InChI=1S/C19H16N8O3/c1-27-13-10-6-5-9-12(13)16(28)14(18(27)29)15(17-22-25-26-23-17)21-24-19(30)20-11-7-3-2-4-8-11/h2-10,28H,1H3,(H2,20,24,30)(H,22,23,25,26). The summed E-state index contributed by atoms with van der Waals surface area (Å²) in [6.07, 6.45) is 0. The number of hydrogen-bond donors (Lipinski definition) is 4. The van der Waals surface area contributed by atoms with Gasteiger partial charge in [0.15, 0.2) is 0 Å². The molecule has 0 aliphatic rings. The first kappa shape index (κ1) is 18.8. The number of para-hydroxylation sites is 2. The molecule has 150 valence electrons. The third-order valence-electron chi connectivity index (χ3n) is 4.37. The summed E-state index contributed by atoms with van der Waals surface area (Å²) in [6.45, 7) is 0. The Morgan fingerprint density at radius 2 is 1.87 bits per heavy atom. The van der Waals surface area contributed by atoms with Crippen molar-refractivity contribution in [1.29, 1.82) is 0 Å². The van der Waals surface area contributed by atoms with E-state index >= 15 is 0 Å². The fraction of sp³-hybridized carbons (Fsp3) is 0.0526. The molecular formula is C19H16N8O3. The Bertz CT molecular complexity index is 1300. The molecule has 0 fully saturated rings. The smallest absolute Gasteiger partial charge is 0.339 e. The third-order valence-corrected chi connectivity index (χ3v) is 4.37. The number of benzene rings is 2. The van der Waals surface area contributed by atoms with Gasteiger partial charge in [0.05, 0.1) is 5.52 Å². The van der Waals surface area contributed by atoms with Crippen molar-refractivity contribution >= 4 is 28.3 Å². The van der Waals surface area contributed by atoms with Crippen molar-refractivity contribution in [3.05, 3.63) is 76.3 Å². The van der Waals surface area contributed by atoms with E-state index in [2.05, 4.69) is 36.5 Å². The van der Waals surface area contributed by atoms with Crippen LogP contribution < -0.4 is 16.3 Å². The van der Waals surface area contributed by atoms with Crippen LogP contribution >= 0.6 is 0 Å². The highest BCUT2D eigenvalue weighted by Crippen LogP contribution is 2.27. The lowest BCUT2D eigenvalue weighted by atomic mass is 10.1. The molecule has 11 nitrogen and oxygen atoms in total. The number of aromatic nitrogens is 5. The van der Waals surface area contributed by atoms with Gasteiger partial charge in [-0.25, -0.2) is 10.2 Å². The first-order valence-electron chi connectivity index (χ1n) is 8.81. The van der Waals surface area contributed by atoms with Crippen LogP contribution in [0.3, 0.4) is 0 Å². The number of rotatable bonds is 4. The van der Waals surface area contributed by atoms with E-state index in [-0.39, 0.29) is 22.8 Å². The Kier molecular flexibility index (Phi) is 4.91. The molecule has 2 aromatic carbocycles. The van der Waals surface area contributed by atoms with Gasteiger partial charge in [-0.05, 0) is 29.5 Å². The second-order valence-electron chi connectivity index (χ2n) is 6.23. The average molecular weight is 404 g/mol. The number of urea groups is 1. The lowest BCUT2D eigenvalue weighted by molar-refractivity contribution is 0.252. The number of carbonyl (C=O) groups excluding carboxylic acids is 1. The second-order valence-corrected chi connectivity index (χ2v) is 6.23. The van der Waals surface area contributed by atoms with Gasteiger partial charge in [-0.15, -0.1) is 10.2 Å². The largest absolute Gasteiger partial charge is 0.506 e. The zero-order valence-corrected chi connectivity index (χ0v) is 15.7. The number of anilines is 1. The maximum atomic E-state index is 13.0. The number of amides is 2. The number of nitrogens with one attached hydrogen (secondary N) is 3. The van der Waals surface area contributed by atoms with Gasteiger partial charge in [-0.1, -0.05) is 30.3 Å². The maximum absolute atomic E-state index is 13.0. The van der Waals surface area contributed by atoms with Gasteiger partial charge in [0.2, 0.25) is 5.82 Å². The van der Waals surface area contributed by atoms with Crippen LogP contribution in [0.2, 0.25) is 0 Å². The third kappa shape index (κ3) is 3.46. The SMILES string of the molecule is Cn1c(=O)c(C(=NNC(=O)Nc2ccccc2)c2nn[nH]n2)c(O)c2ccccc21. The first-order valence-corrected chi connectivity index (χ1v) is 8.81. The molecule has 4 N–H and O–H groups in total. The normalized spacial score (nSPS) is 11.4. The summed E-state index contributed by atoms with van der Waals surface area (Å²) in [4.78, 5) is 25.2. The van der Waals surface area contributed by atoms with Crippen LogP contribution in [-0.4, -0.2) is 42.0 Å². The zero-order valence-electron chi connectivity index (χ0n) is 15.7. The lowest BCUT2D eigenvalue weighted by Crippen LogP contribution is -2.30. The number of tetrazole rings is 1. The second kappa shape index (κ2) is 7.83. The van der Waals surface area contributed by atoms with E-state index in [1.807, 2.05) is 6.07 Å². The fourth-order valence-corrected chi connectivity index (χ4v) is 2.96. The molecule has 4 rings (SSSR count). The van der Waals surface area contributed by atoms with Crippen molar-refractivity contribution < 1.29 is 9.90 Å². The van der Waals surface area contributed by atoms with Crippen LogP contribution in [0.25, 0.3) is 10.9 Å². The highest BCUT2D eigenvalue weighted by Gasteiger charge is 2.24. The van der Waals surface area contributed by atoms with Crippen molar-refractivity contribution in [1.82, 2.24) is 30.6 Å². The number of pyridine rings is 1. The highest BCUT2D eigenvalue weighted by atomic mass is 16.3. The summed E-state index contributed by atoms with van der Waals surface area (Å²) in [6, 6.07) is 14.9. The van der Waals surface area contributed by atoms with Gasteiger partial charge in [0, 0.05) is 18.1 Å². The van der Waals surface area contributed by atoms with Crippen molar-refractivity contribution in [2.75, 3.05) is 5.32 Å². The van der Waals surface area contributed by atoms with E-state index in [0.717, 1.165) is 0 Å². The van der Waals surface area contributed by atoms with Crippen LogP contribution in [0.4, 0.5) is 10.5 Å². The van der Waals surface area contributed by atoms with E-state index < -0.39 is 11.6 Å². The van der Waals surface area contributed by atoms with E-state index in [1.54, 1.807) is 55.6 Å². The molecule has 0 atom stereocenters. The summed E-state index contributed by atoms with van der Waals surface area (Å²) in [5.74, 6) is -0.375. The molecule has 0 saturated heterocycles. The number of aromatic amines is 1. The molecular weight excluding hydrogens is 388 g/mol. The molecule has 0 unspecified atom stereocenters. The number of hydrogen-bond acceptors (Lipinski definition) is 7. The highest BCUT2D eigenvalue weighted by molar-refractivity contribution is 6.14. The minimum absolute atomic E-state index is 0.0716. The molecule has 0 spiro atoms. The number of fused-ring (bicyclic) bond motifs is 1. The monoisotopic (exact) mass is 404 g/mol. The van der Waals surface area contributed by atoms with Crippen molar-refractivity contribution in [2.45, 2.75) is 0 Å². The molecule has 30 heavy (non-hydrogen) atoms. The number of aryl methyl sites for hydroxylation is 1. The van der Waals surface area contributed by atoms with Crippen LogP contribution in [0.15, 0.2) is 64.5 Å². The molecule has 0 aliphatic heterocycles. The van der Waals surface area contributed by atoms with E-state index in [1.165, 1.54) is 4.57 Å². The van der Waals surface area contributed by atoms with Gasteiger partial charge >= 0.3 is 6.03 Å². The van der Waals surface area contributed by atoms with E-state index in [4.69, 9.17) is 0 Å². The van der Waals surface area contributed by atoms with Crippen LogP contribution in [0.5, 0.6) is 5.75 Å². The predicted octanol–water partition coefficient (Wildman–Crippen LogP) is 1.33. The summed E-state index contributed by atoms with van der Waals surface area (Å²) in [5, 5.41) is 31.3. The van der Waals surface area contributed by atoms with Gasteiger partial charge in [0.1, 0.15) is 17.0 Å². The van der Waals surface area contributed by atoms with Crippen LogP contribution in [-0.2, 0) is 7.05 Å². The molecule has 11 heteroatoms. The van der Waals surface area contributed by atoms with Crippen molar-refractivity contribution in [3.63, 3.8) is 0 Å². The summed E-state index contributed by atoms with van der Waals surface area (Å²) >= 11 is 0. The summed E-state index contributed by atoms with van der Waals surface area (Å²) in [5.41, 5.74) is 2.53. The molecule has 2 aromatic heterocycles. The quantitative estimate of drug-likeness (QED) is 0.298. The molecule has 0 saturated carbocycles. The number of carbonyl (C=O) groups is 1. The molecule has 4 aromatic rings. The Balaban J connectivity index is 1.78. The Hall–Kier alpha value is -4.54. The van der Waals surface area contributed by atoms with Gasteiger partial charge < -0.3 is 15.0 Å². The van der Waals surface area contributed by atoms with Crippen LogP contribution in [0, 0.1) is 0 Å². The zero-order chi connectivity index (χ0) is 21.1. The minimum atomic E-state index is -0.653. The maximum Gasteiger partial charge on any atom is 0.339 e. The molecule has 0 radical (unpaired) electrons. The molecule has 2 heterocycles. The minimum Gasteiger partial charge on any atom is -0.506 e. The Morgan fingerprint density at radius 1 is 1.13 bits per heavy atom. The fourth-order valence-electron chi connectivity index (χ4n) is 2.96. The Labute approximate surface area is 169 Å². The first-order chi connectivity index (χ1) is 14.6. The van der Waals surface area contributed by atoms with E-state index in [9.17, 15) is 14.7 Å². The number of hydrazone groups is 1. The summed E-state index contributed by atoms with van der Waals surface area (Å²) < 4.78 is 1.37. The molecule has 0 aliphatic carbocycles. The van der Waals surface area contributed by atoms with Crippen molar-refractivity contribution in [3.8, 4) is 5.75 Å². The predicted molar refractivity (Wildman–Crippen MR) is 109 cm³/mol. The topological polar surface area (TPSA) is 150 Å². The van der Waals surface area contributed by atoms with Gasteiger partial charge in [0.25, 0.3) is 5.56 Å². The average Bonchev–Trinajstić information content (AvgIpc) is 3.30. The molecule has 0 bridgehead atoms. The van der Waals surface area contributed by atoms with Gasteiger partial charge in [-0.2, -0.15) is 10.3 Å². The number of aromatic hydroxyl groups is 1. The Morgan fingerprint density at radius 3 is 2.60 bits per heavy atom. The lowest BCUT2D eigenvalue weighted by Gasteiger charge is -2.12.